The summed E-state index contributed by atoms with van der Waals surface area (Å²) in [4.78, 5) is 39.1. The van der Waals surface area contributed by atoms with Crippen molar-refractivity contribution in [2.45, 2.75) is 71.4 Å². The van der Waals surface area contributed by atoms with Crippen LogP contribution in [0.4, 0.5) is 4.79 Å². The van der Waals surface area contributed by atoms with Crippen LogP contribution in [0.3, 0.4) is 0 Å². The molecule has 6 heteroatoms. The summed E-state index contributed by atoms with van der Waals surface area (Å²) in [5.41, 5.74) is -0.337. The molecule has 1 aromatic rings. The molecule has 1 aliphatic rings. The Labute approximate surface area is 168 Å². The van der Waals surface area contributed by atoms with E-state index in [4.69, 9.17) is 0 Å². The van der Waals surface area contributed by atoms with E-state index >= 15 is 0 Å². The largest absolute Gasteiger partial charge is 0.352 e. The highest BCUT2D eigenvalue weighted by atomic mass is 16.2. The molecule has 154 valence electrons. The van der Waals surface area contributed by atoms with E-state index in [2.05, 4.69) is 24.5 Å². The second-order valence-electron chi connectivity index (χ2n) is 8.14. The van der Waals surface area contributed by atoms with Gasteiger partial charge >= 0.3 is 6.03 Å². The van der Waals surface area contributed by atoms with Gasteiger partial charge in [0.25, 0.3) is 5.91 Å². The van der Waals surface area contributed by atoms with Crippen LogP contribution < -0.4 is 10.6 Å². The summed E-state index contributed by atoms with van der Waals surface area (Å²) in [6, 6.07) is 8.76. The zero-order valence-corrected chi connectivity index (χ0v) is 17.5. The SMILES string of the molecule is CCC[C@@]1(c2ccccc2)NC(=O)N(CC(=O)N[C@H](C)CCCC(C)C)C1=O. The first-order valence-corrected chi connectivity index (χ1v) is 10.3. The number of nitrogens with zero attached hydrogens (tertiary/aromatic N) is 1. The molecular weight excluding hydrogens is 354 g/mol. The molecule has 28 heavy (non-hydrogen) atoms. The smallest absolute Gasteiger partial charge is 0.325 e. The van der Waals surface area contributed by atoms with Crippen molar-refractivity contribution in [1.29, 1.82) is 0 Å². The van der Waals surface area contributed by atoms with E-state index in [9.17, 15) is 14.4 Å². The number of benzene rings is 1. The van der Waals surface area contributed by atoms with Crippen molar-refractivity contribution in [3.05, 3.63) is 35.9 Å². The number of nitrogens with one attached hydrogen (secondary N) is 2. The van der Waals surface area contributed by atoms with E-state index in [-0.39, 0.29) is 24.4 Å². The van der Waals surface area contributed by atoms with Gasteiger partial charge in [0.2, 0.25) is 5.91 Å². The van der Waals surface area contributed by atoms with Crippen LogP contribution in [-0.2, 0) is 15.1 Å². The highest BCUT2D eigenvalue weighted by Crippen LogP contribution is 2.33. The van der Waals surface area contributed by atoms with Crippen molar-refractivity contribution in [2.75, 3.05) is 6.54 Å². The normalized spacial score (nSPS) is 20.4. The first-order valence-electron chi connectivity index (χ1n) is 10.3. The average Bonchev–Trinajstić information content (AvgIpc) is 2.87. The summed E-state index contributed by atoms with van der Waals surface area (Å²) in [6.07, 6.45) is 4.26. The third-order valence-electron chi connectivity index (χ3n) is 5.20. The number of hydrogen-bond acceptors (Lipinski definition) is 3. The molecule has 0 unspecified atom stereocenters. The fraction of sp³-hybridized carbons (Fsp3) is 0.591. The molecule has 0 radical (unpaired) electrons. The van der Waals surface area contributed by atoms with Gasteiger partial charge in [0.05, 0.1) is 0 Å². The molecule has 0 aliphatic carbocycles. The molecule has 0 spiro atoms. The van der Waals surface area contributed by atoms with Gasteiger partial charge in [0.1, 0.15) is 12.1 Å². The van der Waals surface area contributed by atoms with Crippen LogP contribution in [0.2, 0.25) is 0 Å². The molecule has 0 bridgehead atoms. The number of amides is 4. The molecule has 2 rings (SSSR count). The van der Waals surface area contributed by atoms with Crippen molar-refractivity contribution in [1.82, 2.24) is 15.5 Å². The lowest BCUT2D eigenvalue weighted by Crippen LogP contribution is -2.46. The zero-order chi connectivity index (χ0) is 20.7. The van der Waals surface area contributed by atoms with E-state index in [1.807, 2.05) is 44.2 Å². The highest BCUT2D eigenvalue weighted by Gasteiger charge is 2.52. The maximum Gasteiger partial charge on any atom is 0.325 e. The zero-order valence-electron chi connectivity index (χ0n) is 17.5. The molecule has 1 saturated heterocycles. The summed E-state index contributed by atoms with van der Waals surface area (Å²) < 4.78 is 0. The Bertz CT molecular complexity index is 690. The molecule has 1 fully saturated rings. The summed E-state index contributed by atoms with van der Waals surface area (Å²) in [5.74, 6) is -0.0208. The number of hydrogen-bond donors (Lipinski definition) is 2. The maximum absolute atomic E-state index is 13.2. The van der Waals surface area contributed by atoms with Gasteiger partial charge in [-0.2, -0.15) is 0 Å². The van der Waals surface area contributed by atoms with Gasteiger partial charge in [-0.15, -0.1) is 0 Å². The molecule has 0 saturated carbocycles. The minimum absolute atomic E-state index is 0.0153. The first kappa shape index (κ1) is 21.9. The van der Waals surface area contributed by atoms with Crippen molar-refractivity contribution >= 4 is 17.8 Å². The molecular formula is C22H33N3O3. The third-order valence-corrected chi connectivity index (χ3v) is 5.20. The van der Waals surface area contributed by atoms with E-state index < -0.39 is 11.6 Å². The second kappa shape index (κ2) is 9.71. The van der Waals surface area contributed by atoms with E-state index in [1.165, 1.54) is 0 Å². The number of urea groups is 1. The molecule has 0 aromatic heterocycles. The van der Waals surface area contributed by atoms with Crippen molar-refractivity contribution in [3.63, 3.8) is 0 Å². The summed E-state index contributed by atoms with van der Waals surface area (Å²) in [7, 11) is 0. The quantitative estimate of drug-likeness (QED) is 0.603. The number of carbonyl (C=O) groups is 3. The minimum Gasteiger partial charge on any atom is -0.352 e. The number of carbonyl (C=O) groups excluding carboxylic acids is 3. The Morgan fingerprint density at radius 3 is 2.43 bits per heavy atom. The molecule has 1 aromatic carbocycles. The third kappa shape index (κ3) is 5.12. The lowest BCUT2D eigenvalue weighted by molar-refractivity contribution is -0.135. The van der Waals surface area contributed by atoms with Crippen LogP contribution in [0.25, 0.3) is 0 Å². The molecule has 2 atom stereocenters. The van der Waals surface area contributed by atoms with Crippen LogP contribution >= 0.6 is 0 Å². The molecule has 6 nitrogen and oxygen atoms in total. The lowest BCUT2D eigenvalue weighted by Gasteiger charge is -2.27. The lowest BCUT2D eigenvalue weighted by atomic mass is 9.85. The number of imide groups is 1. The Kier molecular flexibility index (Phi) is 7.61. The Balaban J connectivity index is 2.03. The standard InChI is InChI=1S/C22H33N3O3/c1-5-14-22(18-12-7-6-8-13-18)20(27)25(21(28)24-22)15-19(26)23-17(4)11-9-10-16(2)3/h6-8,12-13,16-17H,5,9-11,14-15H2,1-4H3,(H,23,26)(H,24,28)/t17-,22+/m1/s1. The van der Waals surface area contributed by atoms with Gasteiger partial charge in [-0.05, 0) is 31.2 Å². The Morgan fingerprint density at radius 2 is 1.82 bits per heavy atom. The summed E-state index contributed by atoms with van der Waals surface area (Å²) >= 11 is 0. The van der Waals surface area contributed by atoms with Crippen molar-refractivity contribution in [2.24, 2.45) is 5.92 Å². The van der Waals surface area contributed by atoms with Gasteiger partial charge < -0.3 is 10.6 Å². The predicted octanol–water partition coefficient (Wildman–Crippen LogP) is 3.56. The van der Waals surface area contributed by atoms with Crippen LogP contribution in [-0.4, -0.2) is 35.3 Å². The molecule has 2 N–H and O–H groups in total. The Morgan fingerprint density at radius 1 is 1.14 bits per heavy atom. The fourth-order valence-corrected chi connectivity index (χ4v) is 3.75. The van der Waals surface area contributed by atoms with Gasteiger partial charge in [0.15, 0.2) is 0 Å². The topological polar surface area (TPSA) is 78.5 Å². The summed E-state index contributed by atoms with van der Waals surface area (Å²) in [6.45, 7) is 8.03. The molecule has 1 aliphatic heterocycles. The van der Waals surface area contributed by atoms with Crippen LogP contribution in [0, 0.1) is 5.92 Å². The second-order valence-corrected chi connectivity index (χ2v) is 8.14. The molecule has 4 amide bonds. The Hall–Kier alpha value is -2.37. The highest BCUT2D eigenvalue weighted by molar-refractivity contribution is 6.09. The predicted molar refractivity (Wildman–Crippen MR) is 110 cm³/mol. The monoisotopic (exact) mass is 387 g/mol. The van der Waals surface area contributed by atoms with E-state index in [0.717, 1.165) is 36.1 Å². The van der Waals surface area contributed by atoms with Crippen LogP contribution in [0.1, 0.15) is 65.4 Å². The van der Waals surface area contributed by atoms with Crippen LogP contribution in [0.5, 0.6) is 0 Å². The van der Waals surface area contributed by atoms with Gasteiger partial charge in [-0.1, -0.05) is 70.4 Å². The van der Waals surface area contributed by atoms with Gasteiger partial charge in [-0.25, -0.2) is 4.79 Å². The van der Waals surface area contributed by atoms with E-state index in [0.29, 0.717) is 12.3 Å². The van der Waals surface area contributed by atoms with Gasteiger partial charge in [0, 0.05) is 6.04 Å². The minimum atomic E-state index is -1.09. The fourth-order valence-electron chi connectivity index (χ4n) is 3.75. The van der Waals surface area contributed by atoms with Crippen molar-refractivity contribution < 1.29 is 14.4 Å². The van der Waals surface area contributed by atoms with Crippen LogP contribution in [0.15, 0.2) is 30.3 Å². The maximum atomic E-state index is 13.2. The van der Waals surface area contributed by atoms with Crippen molar-refractivity contribution in [3.8, 4) is 0 Å². The first-order chi connectivity index (χ1) is 13.3. The summed E-state index contributed by atoms with van der Waals surface area (Å²) in [5, 5.41) is 5.76. The van der Waals surface area contributed by atoms with E-state index in [1.54, 1.807) is 0 Å². The number of rotatable bonds is 10. The molecule has 1 heterocycles. The average molecular weight is 388 g/mol. The van der Waals surface area contributed by atoms with Gasteiger partial charge in [-0.3, -0.25) is 14.5 Å².